The van der Waals surface area contributed by atoms with Crippen LogP contribution in [0.4, 0.5) is 0 Å². The number of imidazole rings is 1. The number of methoxy groups -OCH3 is 1. The van der Waals surface area contributed by atoms with E-state index in [1.807, 2.05) is 12.5 Å². The number of rotatable bonds is 9. The Labute approximate surface area is 179 Å². The molecule has 158 valence electrons. The lowest BCUT2D eigenvalue weighted by molar-refractivity contribution is 0.411. The Morgan fingerprint density at radius 3 is 2.53 bits per heavy atom. The maximum Gasteiger partial charge on any atom is 0.191 e. The molecule has 30 heavy (non-hydrogen) atoms. The van der Waals surface area contributed by atoms with Crippen molar-refractivity contribution < 1.29 is 4.74 Å². The predicted molar refractivity (Wildman–Crippen MR) is 122 cm³/mol. The fourth-order valence-electron chi connectivity index (χ4n) is 3.20. The average Bonchev–Trinajstić information content (AvgIpc) is 3.27. The monoisotopic (exact) mass is 405 g/mol. The summed E-state index contributed by atoms with van der Waals surface area (Å²) in [6.45, 7) is 7.24. The van der Waals surface area contributed by atoms with Crippen molar-refractivity contribution in [2.24, 2.45) is 4.99 Å². The first-order valence-corrected chi connectivity index (χ1v) is 10.4. The molecule has 0 spiro atoms. The average molecular weight is 406 g/mol. The molecule has 2 N–H and O–H groups in total. The van der Waals surface area contributed by atoms with Crippen LogP contribution >= 0.6 is 0 Å². The maximum atomic E-state index is 5.42. The summed E-state index contributed by atoms with van der Waals surface area (Å²) in [5.74, 6) is 1.77. The first kappa shape index (κ1) is 21.4. The third kappa shape index (κ3) is 6.37. The van der Waals surface area contributed by atoms with E-state index in [9.17, 15) is 0 Å². The molecule has 0 bridgehead atoms. The van der Waals surface area contributed by atoms with E-state index in [0.29, 0.717) is 6.54 Å². The Balaban J connectivity index is 1.52. The van der Waals surface area contributed by atoms with Crippen molar-refractivity contribution >= 4 is 5.96 Å². The number of nitrogens with zero attached hydrogens (tertiary/aromatic N) is 3. The molecule has 0 aliphatic carbocycles. The first-order chi connectivity index (χ1) is 14.7. The molecule has 6 nitrogen and oxygen atoms in total. The molecule has 3 rings (SSSR count). The van der Waals surface area contributed by atoms with Crippen LogP contribution in [-0.2, 0) is 19.5 Å². The van der Waals surface area contributed by atoms with E-state index in [1.54, 1.807) is 13.3 Å². The van der Waals surface area contributed by atoms with Gasteiger partial charge < -0.3 is 19.9 Å². The molecule has 0 unspecified atom stereocenters. The van der Waals surface area contributed by atoms with Crippen LogP contribution in [-0.4, -0.2) is 35.7 Å². The van der Waals surface area contributed by atoms with Gasteiger partial charge in [0.25, 0.3) is 0 Å². The van der Waals surface area contributed by atoms with E-state index in [2.05, 4.69) is 76.5 Å². The van der Waals surface area contributed by atoms with Crippen LogP contribution in [0.2, 0.25) is 0 Å². The predicted octanol–water partition coefficient (Wildman–Crippen LogP) is 3.55. The quantitative estimate of drug-likeness (QED) is 0.422. The van der Waals surface area contributed by atoms with Gasteiger partial charge in [0.2, 0.25) is 0 Å². The molecule has 0 fully saturated rings. The zero-order valence-corrected chi connectivity index (χ0v) is 18.1. The van der Waals surface area contributed by atoms with Crippen LogP contribution in [0.15, 0.2) is 66.2 Å². The van der Waals surface area contributed by atoms with Crippen LogP contribution in [0.5, 0.6) is 5.75 Å². The summed E-state index contributed by atoms with van der Waals surface area (Å²) in [6, 6.07) is 14.9. The lowest BCUT2D eigenvalue weighted by atomic mass is 10.1. The number of ether oxygens (including phenoxy) is 1. The van der Waals surface area contributed by atoms with Gasteiger partial charge in [-0.15, -0.1) is 0 Å². The van der Waals surface area contributed by atoms with Gasteiger partial charge in [0.05, 0.1) is 20.0 Å². The topological polar surface area (TPSA) is 63.5 Å². The van der Waals surface area contributed by atoms with Gasteiger partial charge in [-0.05, 0) is 48.6 Å². The van der Waals surface area contributed by atoms with Gasteiger partial charge in [-0.25, -0.2) is 9.98 Å². The molecule has 1 heterocycles. The smallest absolute Gasteiger partial charge is 0.191 e. The molecule has 0 saturated heterocycles. The third-order valence-corrected chi connectivity index (χ3v) is 4.89. The number of guanidine groups is 1. The van der Waals surface area contributed by atoms with Crippen molar-refractivity contribution in [2.75, 3.05) is 20.2 Å². The maximum absolute atomic E-state index is 5.42. The minimum Gasteiger partial charge on any atom is -0.496 e. The van der Waals surface area contributed by atoms with E-state index in [4.69, 9.17) is 9.73 Å². The van der Waals surface area contributed by atoms with Crippen molar-refractivity contribution in [3.8, 4) is 5.75 Å². The molecule has 2 aromatic carbocycles. The molecule has 0 aliphatic rings. The second kappa shape index (κ2) is 11.0. The summed E-state index contributed by atoms with van der Waals surface area (Å²) in [5, 5.41) is 6.74. The van der Waals surface area contributed by atoms with Crippen LogP contribution in [0.1, 0.15) is 29.2 Å². The van der Waals surface area contributed by atoms with Crippen molar-refractivity contribution in [3.63, 3.8) is 0 Å². The second-order valence-corrected chi connectivity index (χ2v) is 7.23. The first-order valence-electron chi connectivity index (χ1n) is 10.4. The van der Waals surface area contributed by atoms with E-state index >= 15 is 0 Å². The number of aryl methyl sites for hydroxylation is 1. The lowest BCUT2D eigenvalue weighted by Crippen LogP contribution is -2.38. The molecule has 0 atom stereocenters. The van der Waals surface area contributed by atoms with Crippen LogP contribution in [0.25, 0.3) is 0 Å². The van der Waals surface area contributed by atoms with Crippen molar-refractivity contribution in [1.82, 2.24) is 20.2 Å². The fraction of sp³-hybridized carbons (Fsp3) is 0.333. The van der Waals surface area contributed by atoms with Crippen molar-refractivity contribution in [1.29, 1.82) is 0 Å². The van der Waals surface area contributed by atoms with Gasteiger partial charge in [-0.2, -0.15) is 0 Å². The minimum atomic E-state index is 0.638. The molecule has 0 amide bonds. The SMILES string of the molecule is CCNC(=NCc1ccc(Cn2ccnc2)cc1)NCCc1ccc(C)c(OC)c1. The molecule has 3 aromatic rings. The molecule has 0 radical (unpaired) electrons. The highest BCUT2D eigenvalue weighted by Gasteiger charge is 2.02. The zero-order chi connectivity index (χ0) is 21.2. The number of nitrogens with one attached hydrogen (secondary N) is 2. The highest BCUT2D eigenvalue weighted by Crippen LogP contribution is 2.19. The van der Waals surface area contributed by atoms with Gasteiger partial charge in [-0.3, -0.25) is 0 Å². The number of aliphatic imine (C=N–C) groups is 1. The fourth-order valence-corrected chi connectivity index (χ4v) is 3.20. The molecule has 0 saturated carbocycles. The Morgan fingerprint density at radius 1 is 1.07 bits per heavy atom. The summed E-state index contributed by atoms with van der Waals surface area (Å²) < 4.78 is 7.48. The van der Waals surface area contributed by atoms with Gasteiger partial charge in [-0.1, -0.05) is 36.4 Å². The largest absolute Gasteiger partial charge is 0.496 e. The van der Waals surface area contributed by atoms with E-state index in [0.717, 1.165) is 43.3 Å². The van der Waals surface area contributed by atoms with Gasteiger partial charge >= 0.3 is 0 Å². The van der Waals surface area contributed by atoms with E-state index < -0.39 is 0 Å². The molecule has 0 aliphatic heterocycles. The summed E-state index contributed by atoms with van der Waals surface area (Å²) in [6.07, 6.45) is 6.51. The highest BCUT2D eigenvalue weighted by molar-refractivity contribution is 5.79. The van der Waals surface area contributed by atoms with Gasteiger partial charge in [0, 0.05) is 32.0 Å². The van der Waals surface area contributed by atoms with Crippen molar-refractivity contribution in [3.05, 3.63) is 83.4 Å². The van der Waals surface area contributed by atoms with Gasteiger partial charge in [0.1, 0.15) is 5.75 Å². The molecule has 1 aromatic heterocycles. The minimum absolute atomic E-state index is 0.638. The summed E-state index contributed by atoms with van der Waals surface area (Å²) in [4.78, 5) is 8.81. The normalized spacial score (nSPS) is 11.4. The van der Waals surface area contributed by atoms with Crippen LogP contribution < -0.4 is 15.4 Å². The van der Waals surface area contributed by atoms with Crippen LogP contribution in [0, 0.1) is 6.92 Å². The Hall–Kier alpha value is -3.28. The van der Waals surface area contributed by atoms with Gasteiger partial charge in [0.15, 0.2) is 5.96 Å². The van der Waals surface area contributed by atoms with Crippen molar-refractivity contribution in [2.45, 2.75) is 33.4 Å². The summed E-state index contributed by atoms with van der Waals surface area (Å²) >= 11 is 0. The molecular formula is C24H31N5O. The van der Waals surface area contributed by atoms with E-state index in [1.165, 1.54) is 16.7 Å². The number of aromatic nitrogens is 2. The standard InChI is InChI=1S/C24H31N5O/c1-4-26-24(27-12-11-20-6-5-19(2)23(15-20)30-3)28-16-21-7-9-22(10-8-21)17-29-14-13-25-18-29/h5-10,13-15,18H,4,11-12,16-17H2,1-3H3,(H2,26,27,28). The summed E-state index contributed by atoms with van der Waals surface area (Å²) in [5.41, 5.74) is 4.83. The zero-order valence-electron chi connectivity index (χ0n) is 18.1. The Morgan fingerprint density at radius 2 is 1.83 bits per heavy atom. The summed E-state index contributed by atoms with van der Waals surface area (Å²) in [7, 11) is 1.71. The number of benzene rings is 2. The number of hydrogen-bond acceptors (Lipinski definition) is 3. The second-order valence-electron chi connectivity index (χ2n) is 7.23. The molecular weight excluding hydrogens is 374 g/mol. The van der Waals surface area contributed by atoms with Crippen LogP contribution in [0.3, 0.4) is 0 Å². The van der Waals surface area contributed by atoms with E-state index in [-0.39, 0.29) is 0 Å². The number of hydrogen-bond donors (Lipinski definition) is 2. The highest BCUT2D eigenvalue weighted by atomic mass is 16.5. The third-order valence-electron chi connectivity index (χ3n) is 4.89. The molecule has 6 heteroatoms. The Kier molecular flexibility index (Phi) is 7.89. The Bertz CT molecular complexity index is 933. The lowest BCUT2D eigenvalue weighted by Gasteiger charge is -2.12.